The minimum atomic E-state index is -4.44. The molecule has 0 fully saturated rings. The van der Waals surface area contributed by atoms with Gasteiger partial charge in [0.15, 0.2) is 5.76 Å². The van der Waals surface area contributed by atoms with E-state index in [1.807, 2.05) is 60.5 Å². The molecular weight excluding hydrogens is 453 g/mol. The van der Waals surface area contributed by atoms with Gasteiger partial charge in [-0.05, 0) is 61.0 Å². The van der Waals surface area contributed by atoms with E-state index in [0.717, 1.165) is 11.3 Å². The van der Waals surface area contributed by atoms with E-state index in [1.165, 1.54) is 5.01 Å². The smallest absolute Gasteiger partial charge is 0.394 e. The molecular formula is C27H25F3N4O. The van der Waals surface area contributed by atoms with Crippen LogP contribution in [0.15, 0.2) is 99.5 Å². The fourth-order valence-corrected chi connectivity index (χ4v) is 3.60. The minimum Gasteiger partial charge on any atom is -0.455 e. The van der Waals surface area contributed by atoms with Crippen LogP contribution in [0.3, 0.4) is 0 Å². The number of hydrogen-bond acceptors (Lipinski definition) is 5. The van der Waals surface area contributed by atoms with Crippen LogP contribution < -0.4 is 10.0 Å². The molecule has 0 aliphatic heterocycles. The molecule has 0 saturated carbocycles. The molecule has 180 valence electrons. The third-order valence-electron chi connectivity index (χ3n) is 5.29. The summed E-state index contributed by atoms with van der Waals surface area (Å²) >= 11 is 0. The lowest BCUT2D eigenvalue weighted by Gasteiger charge is -2.16. The number of alkyl halides is 3. The van der Waals surface area contributed by atoms with Crippen molar-refractivity contribution in [3.8, 4) is 0 Å². The molecule has 0 radical (unpaired) electrons. The summed E-state index contributed by atoms with van der Waals surface area (Å²) in [7, 11) is 1.61. The molecule has 0 bridgehead atoms. The number of halogens is 3. The second kappa shape index (κ2) is 10.5. The van der Waals surface area contributed by atoms with Crippen LogP contribution in [0.2, 0.25) is 0 Å². The normalized spacial score (nSPS) is 12.4. The summed E-state index contributed by atoms with van der Waals surface area (Å²) in [6, 6.07) is 25.7. The van der Waals surface area contributed by atoms with Gasteiger partial charge in [0.25, 0.3) is 0 Å². The summed E-state index contributed by atoms with van der Waals surface area (Å²) < 4.78 is 45.8. The Kier molecular flexibility index (Phi) is 7.19. The maximum absolute atomic E-state index is 13.4. The standard InChI is InChI=1S/C27H25F3N4O/c1-3-34(23-12-8-5-9-13-23)31-19-20-14-15-25-21(16-20)17-26(35-25)24(18-27(28,29)30)32-33(2)22-10-6-4-7-11-22/h4-17,19H,3,18H2,1-2H3/b31-19+,32-24+. The van der Waals surface area contributed by atoms with Gasteiger partial charge in [0.05, 0.1) is 24.0 Å². The highest BCUT2D eigenvalue weighted by Crippen LogP contribution is 2.28. The van der Waals surface area contributed by atoms with Gasteiger partial charge in [-0.25, -0.2) is 0 Å². The molecule has 35 heavy (non-hydrogen) atoms. The molecule has 3 aromatic carbocycles. The lowest BCUT2D eigenvalue weighted by Crippen LogP contribution is -2.20. The summed E-state index contributed by atoms with van der Waals surface area (Å²) in [5.41, 5.74) is 2.71. The predicted octanol–water partition coefficient (Wildman–Crippen LogP) is 7.09. The van der Waals surface area contributed by atoms with E-state index < -0.39 is 12.6 Å². The highest BCUT2D eigenvalue weighted by Gasteiger charge is 2.32. The third kappa shape index (κ3) is 6.29. The number of anilines is 2. The summed E-state index contributed by atoms with van der Waals surface area (Å²) in [5.74, 6) is 0.0775. The Morgan fingerprint density at radius 3 is 2.20 bits per heavy atom. The van der Waals surface area contributed by atoms with Crippen molar-refractivity contribution < 1.29 is 17.6 Å². The van der Waals surface area contributed by atoms with Gasteiger partial charge < -0.3 is 4.42 Å². The van der Waals surface area contributed by atoms with Gasteiger partial charge in [-0.2, -0.15) is 23.4 Å². The van der Waals surface area contributed by atoms with Crippen molar-refractivity contribution in [3.05, 3.63) is 96.3 Å². The summed E-state index contributed by atoms with van der Waals surface area (Å²) in [6.45, 7) is 2.69. The maximum Gasteiger partial charge on any atom is 0.394 e. The molecule has 0 spiro atoms. The van der Waals surface area contributed by atoms with Crippen molar-refractivity contribution in [2.24, 2.45) is 10.2 Å². The quantitative estimate of drug-likeness (QED) is 0.201. The lowest BCUT2D eigenvalue weighted by molar-refractivity contribution is -0.121. The van der Waals surface area contributed by atoms with Crippen molar-refractivity contribution >= 4 is 34.3 Å². The van der Waals surface area contributed by atoms with Crippen LogP contribution in [-0.2, 0) is 0 Å². The zero-order valence-electron chi connectivity index (χ0n) is 19.4. The first-order chi connectivity index (χ1) is 16.8. The molecule has 8 heteroatoms. The number of hydrazone groups is 2. The van der Waals surface area contributed by atoms with Crippen molar-refractivity contribution in [2.45, 2.75) is 19.5 Å². The fourth-order valence-electron chi connectivity index (χ4n) is 3.60. The molecule has 1 aromatic heterocycles. The highest BCUT2D eigenvalue weighted by atomic mass is 19.4. The SMILES string of the molecule is CCN(/N=C/c1ccc2oc(/C(CC(F)(F)F)=N/N(C)c3ccccc3)cc2c1)c1ccccc1. The summed E-state index contributed by atoms with van der Waals surface area (Å²) in [6.07, 6.45) is -3.93. The summed E-state index contributed by atoms with van der Waals surface area (Å²) in [5, 5.41) is 12.7. The van der Waals surface area contributed by atoms with Crippen LogP contribution in [0.25, 0.3) is 11.0 Å². The topological polar surface area (TPSA) is 44.3 Å². The maximum atomic E-state index is 13.4. The van der Waals surface area contributed by atoms with Gasteiger partial charge in [0.1, 0.15) is 11.3 Å². The number of fused-ring (bicyclic) bond motifs is 1. The predicted molar refractivity (Wildman–Crippen MR) is 135 cm³/mol. The zero-order valence-corrected chi connectivity index (χ0v) is 19.4. The molecule has 0 aliphatic carbocycles. The molecule has 1 heterocycles. The van der Waals surface area contributed by atoms with Crippen LogP contribution >= 0.6 is 0 Å². The second-order valence-electron chi connectivity index (χ2n) is 7.90. The van der Waals surface area contributed by atoms with Gasteiger partial charge in [0, 0.05) is 19.0 Å². The first-order valence-corrected chi connectivity index (χ1v) is 11.2. The molecule has 4 aromatic rings. The molecule has 0 aliphatic rings. The minimum absolute atomic E-state index is 0.0775. The first kappa shape index (κ1) is 24.1. The Bertz CT molecular complexity index is 1310. The molecule has 0 atom stereocenters. The Morgan fingerprint density at radius 1 is 0.914 bits per heavy atom. The Balaban J connectivity index is 1.63. The van der Waals surface area contributed by atoms with Gasteiger partial charge in [-0.15, -0.1) is 0 Å². The molecule has 0 unspecified atom stereocenters. The second-order valence-corrected chi connectivity index (χ2v) is 7.90. The number of benzene rings is 3. The third-order valence-corrected chi connectivity index (χ3v) is 5.29. The van der Waals surface area contributed by atoms with E-state index in [0.29, 0.717) is 23.2 Å². The van der Waals surface area contributed by atoms with Crippen molar-refractivity contribution in [3.63, 3.8) is 0 Å². The molecule has 0 amide bonds. The van der Waals surface area contributed by atoms with Gasteiger partial charge >= 0.3 is 6.18 Å². The first-order valence-electron chi connectivity index (χ1n) is 11.2. The van der Waals surface area contributed by atoms with Crippen LogP contribution in [-0.4, -0.2) is 31.7 Å². The fraction of sp³-hybridized carbons (Fsp3) is 0.185. The molecule has 0 N–H and O–H groups in total. The lowest BCUT2D eigenvalue weighted by atomic mass is 10.1. The van der Waals surface area contributed by atoms with E-state index >= 15 is 0 Å². The van der Waals surface area contributed by atoms with Crippen molar-refractivity contribution in [2.75, 3.05) is 23.6 Å². The number of para-hydroxylation sites is 2. The Morgan fingerprint density at radius 2 is 1.57 bits per heavy atom. The van der Waals surface area contributed by atoms with Gasteiger partial charge in [-0.1, -0.05) is 36.4 Å². The van der Waals surface area contributed by atoms with E-state index in [2.05, 4.69) is 10.2 Å². The molecule has 0 saturated heterocycles. The van der Waals surface area contributed by atoms with E-state index in [4.69, 9.17) is 4.42 Å². The van der Waals surface area contributed by atoms with Crippen LogP contribution in [0.5, 0.6) is 0 Å². The van der Waals surface area contributed by atoms with E-state index in [-0.39, 0.29) is 11.5 Å². The number of nitrogens with zero attached hydrogens (tertiary/aromatic N) is 4. The van der Waals surface area contributed by atoms with Gasteiger partial charge in [0.2, 0.25) is 0 Å². The highest BCUT2D eigenvalue weighted by molar-refractivity contribution is 6.02. The molecule has 4 rings (SSSR count). The van der Waals surface area contributed by atoms with Gasteiger partial charge in [-0.3, -0.25) is 10.0 Å². The van der Waals surface area contributed by atoms with Crippen LogP contribution in [0.1, 0.15) is 24.7 Å². The van der Waals surface area contributed by atoms with E-state index in [9.17, 15) is 13.2 Å². The Labute approximate surface area is 201 Å². The number of furan rings is 1. The average Bonchev–Trinajstić information content (AvgIpc) is 3.28. The van der Waals surface area contributed by atoms with Crippen LogP contribution in [0, 0.1) is 0 Å². The monoisotopic (exact) mass is 478 g/mol. The van der Waals surface area contributed by atoms with Crippen molar-refractivity contribution in [1.82, 2.24) is 0 Å². The number of rotatable bonds is 8. The average molecular weight is 479 g/mol. The summed E-state index contributed by atoms with van der Waals surface area (Å²) in [4.78, 5) is 0. The molecule has 5 nitrogen and oxygen atoms in total. The Hall–Kier alpha value is -4.07. The number of hydrogen-bond donors (Lipinski definition) is 0. The van der Waals surface area contributed by atoms with Crippen molar-refractivity contribution in [1.29, 1.82) is 0 Å². The van der Waals surface area contributed by atoms with E-state index in [1.54, 1.807) is 49.7 Å². The van der Waals surface area contributed by atoms with Crippen LogP contribution in [0.4, 0.5) is 24.5 Å². The largest absolute Gasteiger partial charge is 0.455 e. The zero-order chi connectivity index (χ0) is 24.8.